The standard InChI is InChI=1S/C24H17ClN4O3/c25-23-14-19(26-16-9-4-5-10-17(16)27-23)22-13-18(15-7-2-1-3-8-15)28-24-20(29(30)31)11-6-12-21(24)32-22/h1-12,22H,13-14H2. The Morgan fingerprint density at radius 2 is 1.62 bits per heavy atom. The predicted octanol–water partition coefficient (Wildman–Crippen LogP) is 6.31. The van der Waals surface area contributed by atoms with Gasteiger partial charge in [-0.15, -0.1) is 0 Å². The van der Waals surface area contributed by atoms with E-state index in [1.165, 1.54) is 6.07 Å². The average molecular weight is 445 g/mol. The Morgan fingerprint density at radius 1 is 0.906 bits per heavy atom. The molecule has 0 fully saturated rings. The van der Waals surface area contributed by atoms with Gasteiger partial charge in [-0.25, -0.2) is 9.98 Å². The Bertz CT molecular complexity index is 1300. The van der Waals surface area contributed by atoms with Gasteiger partial charge in [0.25, 0.3) is 5.69 Å². The maximum absolute atomic E-state index is 11.7. The van der Waals surface area contributed by atoms with Crippen molar-refractivity contribution in [2.45, 2.75) is 18.9 Å². The summed E-state index contributed by atoms with van der Waals surface area (Å²) in [5.74, 6) is 0.337. The maximum Gasteiger partial charge on any atom is 0.298 e. The lowest BCUT2D eigenvalue weighted by molar-refractivity contribution is -0.384. The Balaban J connectivity index is 1.65. The highest BCUT2D eigenvalue weighted by atomic mass is 35.5. The van der Waals surface area contributed by atoms with Crippen LogP contribution >= 0.6 is 11.6 Å². The van der Waals surface area contributed by atoms with Crippen molar-refractivity contribution in [1.29, 1.82) is 0 Å². The summed E-state index contributed by atoms with van der Waals surface area (Å²) in [6.07, 6.45) is 0.168. The molecule has 2 aliphatic heterocycles. The van der Waals surface area contributed by atoms with Gasteiger partial charge in [0.15, 0.2) is 11.4 Å². The molecule has 3 aromatic rings. The van der Waals surface area contributed by atoms with Crippen LogP contribution in [0, 0.1) is 10.1 Å². The highest BCUT2D eigenvalue weighted by Gasteiger charge is 2.30. The number of ether oxygens (including phenoxy) is 1. The van der Waals surface area contributed by atoms with Crippen LogP contribution in [0.25, 0.3) is 0 Å². The third-order valence-electron chi connectivity index (χ3n) is 5.26. The summed E-state index contributed by atoms with van der Waals surface area (Å²) in [4.78, 5) is 25.2. The van der Waals surface area contributed by atoms with E-state index in [0.29, 0.717) is 46.6 Å². The van der Waals surface area contributed by atoms with Crippen LogP contribution in [0.3, 0.4) is 0 Å². The smallest absolute Gasteiger partial charge is 0.298 e. The largest absolute Gasteiger partial charge is 0.482 e. The minimum atomic E-state index is -0.521. The quantitative estimate of drug-likeness (QED) is 0.350. The van der Waals surface area contributed by atoms with E-state index in [2.05, 4.69) is 4.99 Å². The molecule has 5 rings (SSSR count). The number of hydrogen-bond donors (Lipinski definition) is 0. The van der Waals surface area contributed by atoms with Crippen LogP contribution in [0.1, 0.15) is 18.4 Å². The van der Waals surface area contributed by atoms with Crippen molar-refractivity contribution in [2.24, 2.45) is 15.0 Å². The molecule has 0 saturated heterocycles. The zero-order chi connectivity index (χ0) is 22.1. The first-order valence-electron chi connectivity index (χ1n) is 10.0. The van der Waals surface area contributed by atoms with E-state index >= 15 is 0 Å². The van der Waals surface area contributed by atoms with Gasteiger partial charge < -0.3 is 4.74 Å². The molecule has 0 bridgehead atoms. The minimum Gasteiger partial charge on any atom is -0.482 e. The fraction of sp³-hybridized carbons (Fsp3) is 0.125. The van der Waals surface area contributed by atoms with E-state index in [1.807, 2.05) is 54.6 Å². The summed E-state index contributed by atoms with van der Waals surface area (Å²) < 4.78 is 6.29. The van der Waals surface area contributed by atoms with Gasteiger partial charge >= 0.3 is 0 Å². The predicted molar refractivity (Wildman–Crippen MR) is 126 cm³/mol. The number of fused-ring (bicyclic) bond motifs is 2. The van der Waals surface area contributed by atoms with Crippen LogP contribution in [0.2, 0.25) is 0 Å². The van der Waals surface area contributed by atoms with Crippen molar-refractivity contribution in [1.82, 2.24) is 0 Å². The van der Waals surface area contributed by atoms with Gasteiger partial charge in [-0.2, -0.15) is 0 Å². The fourth-order valence-electron chi connectivity index (χ4n) is 3.77. The first kappa shape index (κ1) is 20.1. The SMILES string of the molecule is O=[N+]([O-])c1cccc2c1N=C(c1ccccc1)CC(C1=Nc3ccccc3N=C(Cl)C1)O2. The summed E-state index contributed by atoms with van der Waals surface area (Å²) in [6.45, 7) is 0. The molecule has 32 heavy (non-hydrogen) atoms. The normalized spacial score (nSPS) is 17.4. The molecule has 2 aliphatic rings. The molecule has 1 atom stereocenters. The number of hydrogen-bond acceptors (Lipinski definition) is 6. The third kappa shape index (κ3) is 3.90. The monoisotopic (exact) mass is 444 g/mol. The van der Waals surface area contributed by atoms with Gasteiger partial charge in [-0.3, -0.25) is 15.1 Å². The topological polar surface area (TPSA) is 89.5 Å². The molecule has 2 heterocycles. The summed E-state index contributed by atoms with van der Waals surface area (Å²) in [7, 11) is 0. The van der Waals surface area contributed by atoms with Crippen molar-refractivity contribution in [2.75, 3.05) is 0 Å². The number of halogens is 1. The molecule has 1 unspecified atom stereocenters. The van der Waals surface area contributed by atoms with Gasteiger partial charge in [0.05, 0.1) is 27.7 Å². The summed E-state index contributed by atoms with van der Waals surface area (Å²) in [5, 5.41) is 12.1. The zero-order valence-corrected chi connectivity index (χ0v) is 17.6. The lowest BCUT2D eigenvalue weighted by atomic mass is 10.00. The second-order valence-electron chi connectivity index (χ2n) is 7.37. The van der Waals surface area contributed by atoms with E-state index < -0.39 is 11.0 Å². The Morgan fingerprint density at radius 3 is 2.38 bits per heavy atom. The molecule has 0 saturated carbocycles. The minimum absolute atomic E-state index is 0.107. The number of nitro groups is 1. The van der Waals surface area contributed by atoms with Gasteiger partial charge in [0, 0.05) is 18.9 Å². The van der Waals surface area contributed by atoms with Gasteiger partial charge in [0.1, 0.15) is 11.3 Å². The van der Waals surface area contributed by atoms with E-state index in [0.717, 1.165) is 5.56 Å². The van der Waals surface area contributed by atoms with Gasteiger partial charge in [-0.1, -0.05) is 60.1 Å². The molecule has 0 N–H and O–H groups in total. The van der Waals surface area contributed by atoms with Gasteiger partial charge in [-0.05, 0) is 23.8 Å². The Kier molecular flexibility index (Phi) is 5.25. The van der Waals surface area contributed by atoms with Crippen LogP contribution in [0.5, 0.6) is 5.75 Å². The van der Waals surface area contributed by atoms with E-state index in [1.54, 1.807) is 12.1 Å². The molecule has 158 valence electrons. The number of para-hydroxylation sites is 3. The molecule has 0 aromatic heterocycles. The second kappa shape index (κ2) is 8.36. The zero-order valence-electron chi connectivity index (χ0n) is 16.8. The first-order valence-corrected chi connectivity index (χ1v) is 10.4. The van der Waals surface area contributed by atoms with Crippen LogP contribution < -0.4 is 4.74 Å². The average Bonchev–Trinajstić information content (AvgIpc) is 3.10. The number of rotatable bonds is 3. The molecular weight excluding hydrogens is 428 g/mol. The fourth-order valence-corrected chi connectivity index (χ4v) is 4.00. The number of aliphatic imine (C=N–C) groups is 3. The Hall–Kier alpha value is -3.84. The highest BCUT2D eigenvalue weighted by molar-refractivity contribution is 6.67. The van der Waals surface area contributed by atoms with Crippen molar-refractivity contribution in [3.8, 4) is 5.75 Å². The molecule has 8 heteroatoms. The molecule has 7 nitrogen and oxygen atoms in total. The van der Waals surface area contributed by atoms with Crippen LogP contribution in [0.15, 0.2) is 87.8 Å². The maximum atomic E-state index is 11.7. The molecule has 0 aliphatic carbocycles. The van der Waals surface area contributed by atoms with E-state index in [9.17, 15) is 10.1 Å². The van der Waals surface area contributed by atoms with Crippen molar-refractivity contribution in [3.63, 3.8) is 0 Å². The number of nitrogens with zero attached hydrogens (tertiary/aromatic N) is 4. The highest BCUT2D eigenvalue weighted by Crippen LogP contribution is 2.41. The first-order chi connectivity index (χ1) is 15.6. The van der Waals surface area contributed by atoms with Crippen molar-refractivity contribution in [3.05, 3.63) is 88.5 Å². The van der Waals surface area contributed by atoms with Gasteiger partial charge in [0.2, 0.25) is 0 Å². The lowest BCUT2D eigenvalue weighted by Crippen LogP contribution is -2.30. The lowest BCUT2D eigenvalue weighted by Gasteiger charge is -2.19. The molecule has 0 amide bonds. The van der Waals surface area contributed by atoms with Crippen molar-refractivity contribution < 1.29 is 9.66 Å². The Labute approximate surface area is 188 Å². The number of nitro benzene ring substituents is 1. The van der Waals surface area contributed by atoms with Crippen LogP contribution in [-0.2, 0) is 0 Å². The molecule has 0 radical (unpaired) electrons. The molecular formula is C24H17ClN4O3. The molecule has 0 spiro atoms. The van der Waals surface area contributed by atoms with E-state index in [4.69, 9.17) is 26.3 Å². The van der Waals surface area contributed by atoms with Crippen LogP contribution in [-0.4, -0.2) is 27.6 Å². The second-order valence-corrected chi connectivity index (χ2v) is 7.81. The third-order valence-corrected chi connectivity index (χ3v) is 5.48. The summed E-state index contributed by atoms with van der Waals surface area (Å²) in [6, 6.07) is 21.8. The van der Waals surface area contributed by atoms with Crippen LogP contribution in [0.4, 0.5) is 22.7 Å². The molecule has 3 aromatic carbocycles. The van der Waals surface area contributed by atoms with Crippen molar-refractivity contribution >= 4 is 50.9 Å². The summed E-state index contributed by atoms with van der Waals surface area (Å²) in [5.41, 5.74) is 3.71. The number of benzene rings is 3. The van der Waals surface area contributed by atoms with E-state index in [-0.39, 0.29) is 11.4 Å². The summed E-state index contributed by atoms with van der Waals surface area (Å²) >= 11 is 6.42.